The van der Waals surface area contributed by atoms with Crippen LogP contribution in [0, 0.1) is 17.3 Å². The Hall–Kier alpha value is -0.0400. The first-order valence-electron chi connectivity index (χ1n) is 9.22. The fraction of sp³-hybridized carbons (Fsp3) is 0.944. The molecule has 0 aromatic carbocycles. The van der Waals surface area contributed by atoms with E-state index in [4.69, 9.17) is 4.99 Å². The molecule has 1 saturated heterocycles. The number of aliphatic imine (C=N–C) groups is 1. The maximum absolute atomic E-state index is 9.26. The Morgan fingerprint density at radius 1 is 1.30 bits per heavy atom. The summed E-state index contributed by atoms with van der Waals surface area (Å²) in [5.41, 5.74) is 0.610. The van der Waals surface area contributed by atoms with Crippen LogP contribution in [0.2, 0.25) is 0 Å². The van der Waals surface area contributed by atoms with Crippen molar-refractivity contribution in [2.45, 2.75) is 59.3 Å². The molecular formula is C18H36IN3O. The lowest BCUT2D eigenvalue weighted by atomic mass is 9.68. The Morgan fingerprint density at radius 3 is 2.52 bits per heavy atom. The number of aliphatic hydroxyl groups excluding tert-OH is 1. The van der Waals surface area contributed by atoms with Gasteiger partial charge in [0.05, 0.1) is 0 Å². The van der Waals surface area contributed by atoms with Crippen molar-refractivity contribution in [3.8, 4) is 0 Å². The highest BCUT2D eigenvalue weighted by molar-refractivity contribution is 14.0. The standard InChI is InChI=1S/C18H35N3O.HI/c1-4-19-17(20-13-16(6-11-22)12-15(2)3)21-10-9-18(14-21)7-5-8-18;/h15-16,22H,4-14H2,1-3H3,(H,19,20);1H. The minimum atomic E-state index is 0. The fourth-order valence-corrected chi connectivity index (χ4v) is 3.98. The highest BCUT2D eigenvalue weighted by Crippen LogP contribution is 2.47. The lowest BCUT2D eigenvalue weighted by molar-refractivity contribution is 0.151. The Kier molecular flexibility index (Phi) is 9.19. The zero-order chi connectivity index (χ0) is 16.0. The van der Waals surface area contributed by atoms with Crippen molar-refractivity contribution in [3.05, 3.63) is 0 Å². The predicted molar refractivity (Wildman–Crippen MR) is 109 cm³/mol. The summed E-state index contributed by atoms with van der Waals surface area (Å²) in [6.45, 7) is 11.0. The predicted octanol–water partition coefficient (Wildman–Crippen LogP) is 3.49. The van der Waals surface area contributed by atoms with Crippen molar-refractivity contribution in [1.82, 2.24) is 10.2 Å². The zero-order valence-electron chi connectivity index (χ0n) is 15.2. The van der Waals surface area contributed by atoms with Gasteiger partial charge >= 0.3 is 0 Å². The summed E-state index contributed by atoms with van der Waals surface area (Å²) in [5.74, 6) is 2.26. The van der Waals surface area contributed by atoms with Crippen LogP contribution in [0.3, 0.4) is 0 Å². The average molecular weight is 437 g/mol. The number of likely N-dealkylation sites (tertiary alicyclic amines) is 1. The molecule has 1 atom stereocenters. The van der Waals surface area contributed by atoms with E-state index < -0.39 is 0 Å². The minimum absolute atomic E-state index is 0. The first-order chi connectivity index (χ1) is 10.6. The molecule has 1 unspecified atom stereocenters. The van der Waals surface area contributed by atoms with Gasteiger partial charge in [0.15, 0.2) is 5.96 Å². The number of rotatable bonds is 7. The molecule has 1 spiro atoms. The maximum Gasteiger partial charge on any atom is 0.193 e. The van der Waals surface area contributed by atoms with E-state index >= 15 is 0 Å². The Morgan fingerprint density at radius 2 is 2.04 bits per heavy atom. The summed E-state index contributed by atoms with van der Waals surface area (Å²) in [7, 11) is 0. The van der Waals surface area contributed by atoms with Crippen molar-refractivity contribution in [2.24, 2.45) is 22.2 Å². The quantitative estimate of drug-likeness (QED) is 0.364. The monoisotopic (exact) mass is 437 g/mol. The van der Waals surface area contributed by atoms with Crippen LogP contribution >= 0.6 is 24.0 Å². The SMILES string of the molecule is CCNC(=NCC(CCO)CC(C)C)N1CCC2(CCC2)C1.I. The zero-order valence-corrected chi connectivity index (χ0v) is 17.5. The summed E-state index contributed by atoms with van der Waals surface area (Å²) >= 11 is 0. The maximum atomic E-state index is 9.26. The molecule has 0 radical (unpaired) electrons. The number of guanidine groups is 1. The van der Waals surface area contributed by atoms with Crippen LogP contribution in [-0.2, 0) is 0 Å². The van der Waals surface area contributed by atoms with Gasteiger partial charge in [-0.05, 0) is 56.3 Å². The van der Waals surface area contributed by atoms with Crippen LogP contribution in [0.15, 0.2) is 4.99 Å². The van der Waals surface area contributed by atoms with Gasteiger partial charge in [-0.1, -0.05) is 20.3 Å². The van der Waals surface area contributed by atoms with Crippen LogP contribution in [0.4, 0.5) is 0 Å². The summed E-state index contributed by atoms with van der Waals surface area (Å²) in [6.07, 6.45) is 7.57. The van der Waals surface area contributed by atoms with E-state index in [1.807, 2.05) is 0 Å². The van der Waals surface area contributed by atoms with Gasteiger partial charge < -0.3 is 15.3 Å². The molecule has 4 nitrogen and oxygen atoms in total. The molecule has 5 heteroatoms. The second kappa shape index (κ2) is 10.1. The Balaban J connectivity index is 0.00000264. The first-order valence-corrected chi connectivity index (χ1v) is 9.22. The molecule has 1 aliphatic carbocycles. The fourth-order valence-electron chi connectivity index (χ4n) is 3.98. The Bertz CT molecular complexity index is 369. The summed E-state index contributed by atoms with van der Waals surface area (Å²) in [5, 5.41) is 12.7. The lowest BCUT2D eigenvalue weighted by Gasteiger charge is -2.38. The summed E-state index contributed by atoms with van der Waals surface area (Å²) in [4.78, 5) is 7.38. The van der Waals surface area contributed by atoms with Crippen LogP contribution in [0.5, 0.6) is 0 Å². The van der Waals surface area contributed by atoms with Crippen LogP contribution in [-0.4, -0.2) is 48.8 Å². The molecule has 1 aliphatic heterocycles. The normalized spacial score (nSPS) is 21.3. The molecule has 0 bridgehead atoms. The molecule has 0 aromatic heterocycles. The molecule has 2 fully saturated rings. The number of hydrogen-bond acceptors (Lipinski definition) is 2. The van der Waals surface area contributed by atoms with Gasteiger partial charge in [-0.2, -0.15) is 0 Å². The smallest absolute Gasteiger partial charge is 0.193 e. The largest absolute Gasteiger partial charge is 0.396 e. The van der Waals surface area contributed by atoms with Crippen LogP contribution in [0.25, 0.3) is 0 Å². The van der Waals surface area contributed by atoms with Gasteiger partial charge in [0.2, 0.25) is 0 Å². The number of hydrogen-bond donors (Lipinski definition) is 2. The van der Waals surface area contributed by atoms with Gasteiger partial charge in [-0.3, -0.25) is 4.99 Å². The minimum Gasteiger partial charge on any atom is -0.396 e. The third-order valence-electron chi connectivity index (χ3n) is 5.33. The van der Waals surface area contributed by atoms with Gasteiger partial charge in [0.25, 0.3) is 0 Å². The number of aliphatic hydroxyl groups is 1. The van der Waals surface area contributed by atoms with Crippen molar-refractivity contribution in [2.75, 3.05) is 32.8 Å². The van der Waals surface area contributed by atoms with Crippen molar-refractivity contribution >= 4 is 29.9 Å². The van der Waals surface area contributed by atoms with Gasteiger partial charge in [-0.15, -0.1) is 24.0 Å². The highest BCUT2D eigenvalue weighted by atomic mass is 127. The first kappa shape index (κ1) is 21.0. The third-order valence-corrected chi connectivity index (χ3v) is 5.33. The van der Waals surface area contributed by atoms with E-state index in [-0.39, 0.29) is 30.6 Å². The molecular weight excluding hydrogens is 401 g/mol. The second-order valence-electron chi connectivity index (χ2n) is 7.73. The van der Waals surface area contributed by atoms with E-state index in [1.165, 1.54) is 32.2 Å². The topological polar surface area (TPSA) is 47.9 Å². The molecule has 136 valence electrons. The van der Waals surface area contributed by atoms with Gasteiger partial charge in [-0.25, -0.2) is 0 Å². The number of nitrogens with one attached hydrogen (secondary N) is 1. The lowest BCUT2D eigenvalue weighted by Crippen LogP contribution is -2.42. The van der Waals surface area contributed by atoms with E-state index in [0.717, 1.165) is 38.4 Å². The number of nitrogens with zero attached hydrogens (tertiary/aromatic N) is 2. The molecule has 2 aliphatic rings. The van der Waals surface area contributed by atoms with E-state index in [1.54, 1.807) is 0 Å². The van der Waals surface area contributed by atoms with E-state index in [2.05, 4.69) is 31.0 Å². The highest BCUT2D eigenvalue weighted by Gasteiger charge is 2.43. The summed E-state index contributed by atoms with van der Waals surface area (Å²) < 4.78 is 0. The molecule has 23 heavy (non-hydrogen) atoms. The van der Waals surface area contributed by atoms with Gasteiger partial charge in [0.1, 0.15) is 0 Å². The molecule has 0 aromatic rings. The molecule has 2 rings (SSSR count). The summed E-state index contributed by atoms with van der Waals surface area (Å²) in [6, 6.07) is 0. The third kappa shape index (κ3) is 6.07. The van der Waals surface area contributed by atoms with Crippen LogP contribution in [0.1, 0.15) is 59.3 Å². The Labute approximate surface area is 159 Å². The molecule has 0 amide bonds. The van der Waals surface area contributed by atoms with Crippen molar-refractivity contribution in [3.63, 3.8) is 0 Å². The van der Waals surface area contributed by atoms with E-state index in [0.29, 0.717) is 17.3 Å². The molecule has 2 N–H and O–H groups in total. The molecule has 1 heterocycles. The van der Waals surface area contributed by atoms with Crippen molar-refractivity contribution < 1.29 is 5.11 Å². The van der Waals surface area contributed by atoms with Crippen molar-refractivity contribution in [1.29, 1.82) is 0 Å². The number of halogens is 1. The second-order valence-corrected chi connectivity index (χ2v) is 7.73. The van der Waals surface area contributed by atoms with Crippen LogP contribution < -0.4 is 5.32 Å². The molecule has 1 saturated carbocycles. The average Bonchev–Trinajstić information content (AvgIpc) is 2.88. The van der Waals surface area contributed by atoms with E-state index in [9.17, 15) is 5.11 Å². The van der Waals surface area contributed by atoms with Gasteiger partial charge in [0, 0.05) is 32.8 Å².